The lowest BCUT2D eigenvalue weighted by atomic mass is 10.0. The summed E-state index contributed by atoms with van der Waals surface area (Å²) in [6.45, 7) is 3.70. The molecular weight excluding hydrogens is 629 g/mol. The highest BCUT2D eigenvalue weighted by Crippen LogP contribution is 2.43. The highest BCUT2D eigenvalue weighted by Gasteiger charge is 2.26. The van der Waals surface area contributed by atoms with E-state index >= 15 is 0 Å². The summed E-state index contributed by atoms with van der Waals surface area (Å²) in [4.78, 5) is 34.5. The number of carbonyl (C=O) groups is 2. The fourth-order valence-electron chi connectivity index (χ4n) is 5.75. The minimum absolute atomic E-state index is 0.0574. The fourth-order valence-corrected chi connectivity index (χ4v) is 6.52. The van der Waals surface area contributed by atoms with E-state index in [1.54, 1.807) is 0 Å². The molecule has 0 saturated carbocycles. The van der Waals surface area contributed by atoms with E-state index in [2.05, 4.69) is 13.8 Å². The molecular formula is C38H76NO8P. The van der Waals surface area contributed by atoms with Gasteiger partial charge in [0.25, 0.3) is 0 Å². The number of phosphoric acid groups is 1. The molecule has 0 aromatic rings. The third-order valence-electron chi connectivity index (χ3n) is 8.74. The number of esters is 2. The van der Waals surface area contributed by atoms with Gasteiger partial charge in [0.1, 0.15) is 6.61 Å². The monoisotopic (exact) mass is 706 g/mol. The first-order chi connectivity index (χ1) is 23.3. The zero-order valence-corrected chi connectivity index (χ0v) is 32.1. The maximum Gasteiger partial charge on any atom is 0.472 e. The molecule has 0 radical (unpaired) electrons. The summed E-state index contributed by atoms with van der Waals surface area (Å²) in [6.07, 6.45) is 33.0. The highest BCUT2D eigenvalue weighted by molar-refractivity contribution is 7.47. The van der Waals surface area contributed by atoms with Gasteiger partial charge in [-0.15, -0.1) is 0 Å². The normalized spacial score (nSPS) is 13.3. The van der Waals surface area contributed by atoms with E-state index in [0.29, 0.717) is 6.42 Å². The molecule has 0 amide bonds. The summed E-state index contributed by atoms with van der Waals surface area (Å²) in [5.74, 6) is -0.824. The largest absolute Gasteiger partial charge is 0.472 e. The molecule has 0 rings (SSSR count). The Morgan fingerprint density at radius 3 is 1.27 bits per heavy atom. The minimum atomic E-state index is -4.36. The number of phosphoric ester groups is 1. The van der Waals surface area contributed by atoms with Crippen molar-refractivity contribution in [2.24, 2.45) is 5.73 Å². The van der Waals surface area contributed by atoms with Crippen LogP contribution in [0.25, 0.3) is 0 Å². The van der Waals surface area contributed by atoms with Crippen LogP contribution >= 0.6 is 7.82 Å². The molecule has 0 bridgehead atoms. The number of hydrogen-bond donors (Lipinski definition) is 2. The molecule has 10 heteroatoms. The molecule has 48 heavy (non-hydrogen) atoms. The lowest BCUT2D eigenvalue weighted by molar-refractivity contribution is -0.161. The Labute approximate surface area is 295 Å². The first kappa shape index (κ1) is 47.0. The molecule has 0 aromatic heterocycles. The Morgan fingerprint density at radius 1 is 0.542 bits per heavy atom. The number of ether oxygens (including phenoxy) is 2. The van der Waals surface area contributed by atoms with Crippen molar-refractivity contribution in [1.82, 2.24) is 0 Å². The van der Waals surface area contributed by atoms with Crippen LogP contribution in [0.2, 0.25) is 0 Å². The molecule has 286 valence electrons. The average molecular weight is 706 g/mol. The first-order valence-electron chi connectivity index (χ1n) is 20.0. The van der Waals surface area contributed by atoms with Crippen molar-refractivity contribution in [1.29, 1.82) is 0 Å². The van der Waals surface area contributed by atoms with Crippen LogP contribution in [0.1, 0.15) is 200 Å². The number of unbranched alkanes of at least 4 members (excludes halogenated alkanes) is 25. The maximum absolute atomic E-state index is 12.4. The van der Waals surface area contributed by atoms with Crippen molar-refractivity contribution < 1.29 is 37.6 Å². The number of hydrogen-bond acceptors (Lipinski definition) is 8. The van der Waals surface area contributed by atoms with Gasteiger partial charge in [-0.2, -0.15) is 0 Å². The minimum Gasteiger partial charge on any atom is -0.462 e. The molecule has 0 saturated heterocycles. The van der Waals surface area contributed by atoms with Crippen LogP contribution in [0.4, 0.5) is 0 Å². The molecule has 3 N–H and O–H groups in total. The van der Waals surface area contributed by atoms with E-state index < -0.39 is 26.5 Å². The van der Waals surface area contributed by atoms with Crippen LogP contribution in [-0.2, 0) is 32.7 Å². The zero-order chi connectivity index (χ0) is 35.4. The Hall–Kier alpha value is -0.990. The van der Waals surface area contributed by atoms with Gasteiger partial charge in [-0.25, -0.2) is 4.57 Å². The average Bonchev–Trinajstić information content (AvgIpc) is 3.07. The van der Waals surface area contributed by atoms with Crippen LogP contribution in [0.3, 0.4) is 0 Å². The molecule has 0 spiro atoms. The van der Waals surface area contributed by atoms with E-state index in [4.69, 9.17) is 24.3 Å². The smallest absolute Gasteiger partial charge is 0.462 e. The molecule has 0 fully saturated rings. The third kappa shape index (κ3) is 34.9. The second kappa shape index (κ2) is 35.8. The lowest BCUT2D eigenvalue weighted by Gasteiger charge is -2.19. The predicted octanol–water partition coefficient (Wildman–Crippen LogP) is 10.9. The molecule has 0 aliphatic heterocycles. The summed E-state index contributed by atoms with van der Waals surface area (Å²) in [6, 6.07) is 0. The molecule has 0 aromatic carbocycles. The van der Waals surface area contributed by atoms with Crippen molar-refractivity contribution in [3.05, 3.63) is 0 Å². The van der Waals surface area contributed by atoms with Crippen molar-refractivity contribution in [3.63, 3.8) is 0 Å². The third-order valence-corrected chi connectivity index (χ3v) is 9.73. The highest BCUT2D eigenvalue weighted by atomic mass is 31.2. The summed E-state index contributed by atoms with van der Waals surface area (Å²) < 4.78 is 32.5. The van der Waals surface area contributed by atoms with Gasteiger partial charge >= 0.3 is 19.8 Å². The van der Waals surface area contributed by atoms with Crippen molar-refractivity contribution >= 4 is 19.8 Å². The first-order valence-corrected chi connectivity index (χ1v) is 21.5. The quantitative estimate of drug-likeness (QED) is 0.0365. The van der Waals surface area contributed by atoms with E-state index in [-0.39, 0.29) is 38.6 Å². The molecule has 1 unspecified atom stereocenters. The van der Waals surface area contributed by atoms with Crippen LogP contribution in [0.15, 0.2) is 0 Å². The van der Waals surface area contributed by atoms with Gasteiger partial charge in [0.2, 0.25) is 0 Å². The molecule has 0 aliphatic carbocycles. The summed E-state index contributed by atoms with van der Waals surface area (Å²) in [5, 5.41) is 0. The Morgan fingerprint density at radius 2 is 0.896 bits per heavy atom. The summed E-state index contributed by atoms with van der Waals surface area (Å²) >= 11 is 0. The predicted molar refractivity (Wildman–Crippen MR) is 197 cm³/mol. The van der Waals surface area contributed by atoms with E-state index in [1.165, 1.54) is 128 Å². The lowest BCUT2D eigenvalue weighted by Crippen LogP contribution is -2.29. The van der Waals surface area contributed by atoms with Gasteiger partial charge in [-0.3, -0.25) is 18.6 Å². The van der Waals surface area contributed by atoms with Gasteiger partial charge in [-0.05, 0) is 12.8 Å². The van der Waals surface area contributed by atoms with Crippen LogP contribution < -0.4 is 5.73 Å². The standard InChI is InChI=1S/C38H76NO8P/c1-3-5-7-9-11-12-13-14-15-16-17-18-19-20-21-22-23-25-26-28-30-37(40)44-34-36(35-46-48(42,43)45-33-32-39)47-38(41)31-29-27-24-10-8-6-4-2/h36H,3-35,39H2,1-2H3,(H,42,43)/t36-/m1/s1. The Kier molecular flexibility index (Phi) is 35.1. The molecule has 0 aliphatic rings. The van der Waals surface area contributed by atoms with Gasteiger partial charge < -0.3 is 20.1 Å². The summed E-state index contributed by atoms with van der Waals surface area (Å²) in [5.41, 5.74) is 5.32. The maximum atomic E-state index is 12.4. The second-order valence-electron chi connectivity index (χ2n) is 13.5. The van der Waals surface area contributed by atoms with Crippen molar-refractivity contribution in [2.45, 2.75) is 206 Å². The topological polar surface area (TPSA) is 134 Å². The van der Waals surface area contributed by atoms with Gasteiger partial charge in [0, 0.05) is 19.4 Å². The Balaban J connectivity index is 3.97. The summed E-state index contributed by atoms with van der Waals surface area (Å²) in [7, 11) is -4.36. The van der Waals surface area contributed by atoms with E-state index in [9.17, 15) is 19.0 Å². The van der Waals surface area contributed by atoms with Crippen molar-refractivity contribution in [3.8, 4) is 0 Å². The van der Waals surface area contributed by atoms with Crippen molar-refractivity contribution in [2.75, 3.05) is 26.4 Å². The fraction of sp³-hybridized carbons (Fsp3) is 0.947. The van der Waals surface area contributed by atoms with E-state index in [1.807, 2.05) is 0 Å². The van der Waals surface area contributed by atoms with Gasteiger partial charge in [-0.1, -0.05) is 174 Å². The van der Waals surface area contributed by atoms with E-state index in [0.717, 1.165) is 38.5 Å². The second-order valence-corrected chi connectivity index (χ2v) is 15.0. The van der Waals surface area contributed by atoms with Gasteiger partial charge in [0.05, 0.1) is 13.2 Å². The Bertz CT molecular complexity index is 769. The van der Waals surface area contributed by atoms with Gasteiger partial charge in [0.15, 0.2) is 6.10 Å². The molecule has 9 nitrogen and oxygen atoms in total. The number of nitrogens with two attached hydrogens (primary N) is 1. The van der Waals surface area contributed by atoms with Crippen LogP contribution in [-0.4, -0.2) is 49.3 Å². The number of rotatable bonds is 38. The number of carbonyl (C=O) groups excluding carboxylic acids is 2. The SMILES string of the molecule is CCCCCCCCCCCCCCCCCCCCCCC(=O)OC[C@H](COP(=O)(O)OCCN)OC(=O)CCCCCCCCC. The van der Waals surface area contributed by atoms with Crippen LogP contribution in [0.5, 0.6) is 0 Å². The molecule has 2 atom stereocenters. The van der Waals surface area contributed by atoms with Crippen LogP contribution in [0, 0.1) is 0 Å². The molecule has 0 heterocycles. The zero-order valence-electron chi connectivity index (χ0n) is 31.2.